The summed E-state index contributed by atoms with van der Waals surface area (Å²) >= 11 is 0. The lowest BCUT2D eigenvalue weighted by Crippen LogP contribution is -2.22. The molecule has 0 aliphatic heterocycles. The third-order valence-electron chi connectivity index (χ3n) is 4.54. The minimum atomic E-state index is 0.750. The Morgan fingerprint density at radius 3 is 1.89 bits per heavy atom. The molecule has 1 heterocycles. The molecule has 0 N–H and O–H groups in total. The standard InChI is InChI=1S/C23H26N2O2/c1-18-4-6-19(7-5-18)15-25(16-20-10-12-24-13-11-20)17-21-8-9-22(26-2)23(14-21)27-3/h4-14H,15-17H2,1-3H3. The highest BCUT2D eigenvalue weighted by Gasteiger charge is 2.11. The molecular formula is C23H26N2O2. The number of aromatic nitrogens is 1. The zero-order valence-electron chi connectivity index (χ0n) is 16.2. The first-order valence-corrected chi connectivity index (χ1v) is 9.05. The van der Waals surface area contributed by atoms with Crippen LogP contribution in [-0.2, 0) is 19.6 Å². The highest BCUT2D eigenvalue weighted by molar-refractivity contribution is 5.42. The van der Waals surface area contributed by atoms with Gasteiger partial charge >= 0.3 is 0 Å². The molecule has 0 saturated heterocycles. The number of nitrogens with zero attached hydrogens (tertiary/aromatic N) is 2. The predicted molar refractivity (Wildman–Crippen MR) is 108 cm³/mol. The monoisotopic (exact) mass is 362 g/mol. The van der Waals surface area contributed by atoms with Crippen LogP contribution in [0, 0.1) is 6.92 Å². The lowest BCUT2D eigenvalue weighted by molar-refractivity contribution is 0.247. The number of methoxy groups -OCH3 is 2. The molecule has 4 nitrogen and oxygen atoms in total. The van der Waals surface area contributed by atoms with E-state index < -0.39 is 0 Å². The highest BCUT2D eigenvalue weighted by atomic mass is 16.5. The Labute approximate surface area is 161 Å². The maximum atomic E-state index is 5.46. The fourth-order valence-corrected chi connectivity index (χ4v) is 3.10. The van der Waals surface area contributed by atoms with E-state index in [1.54, 1.807) is 14.2 Å². The zero-order valence-corrected chi connectivity index (χ0v) is 16.2. The average Bonchev–Trinajstić information content (AvgIpc) is 2.70. The van der Waals surface area contributed by atoms with Crippen LogP contribution in [0.4, 0.5) is 0 Å². The first-order chi connectivity index (χ1) is 13.2. The molecule has 0 saturated carbocycles. The summed E-state index contributed by atoms with van der Waals surface area (Å²) in [6.07, 6.45) is 3.69. The molecule has 0 aliphatic rings. The summed E-state index contributed by atoms with van der Waals surface area (Å²) < 4.78 is 10.8. The van der Waals surface area contributed by atoms with Crippen molar-refractivity contribution in [3.63, 3.8) is 0 Å². The molecule has 0 radical (unpaired) electrons. The SMILES string of the molecule is COc1ccc(CN(Cc2ccncc2)Cc2ccc(C)cc2)cc1OC. The summed E-state index contributed by atoms with van der Waals surface area (Å²) in [7, 11) is 3.33. The third kappa shape index (κ3) is 5.31. The second-order valence-electron chi connectivity index (χ2n) is 6.68. The van der Waals surface area contributed by atoms with Crippen molar-refractivity contribution >= 4 is 0 Å². The number of aryl methyl sites for hydroxylation is 1. The summed E-state index contributed by atoms with van der Waals surface area (Å²) in [5.74, 6) is 1.51. The maximum absolute atomic E-state index is 5.46. The first-order valence-electron chi connectivity index (χ1n) is 9.05. The minimum Gasteiger partial charge on any atom is -0.493 e. The van der Waals surface area contributed by atoms with Gasteiger partial charge in [0.2, 0.25) is 0 Å². The Morgan fingerprint density at radius 1 is 0.704 bits per heavy atom. The van der Waals surface area contributed by atoms with Gasteiger partial charge in [0, 0.05) is 32.0 Å². The van der Waals surface area contributed by atoms with Gasteiger partial charge < -0.3 is 9.47 Å². The van der Waals surface area contributed by atoms with Crippen LogP contribution in [0.3, 0.4) is 0 Å². The van der Waals surface area contributed by atoms with Gasteiger partial charge in [-0.05, 0) is 47.9 Å². The van der Waals surface area contributed by atoms with Crippen molar-refractivity contribution in [2.45, 2.75) is 26.6 Å². The molecular weight excluding hydrogens is 336 g/mol. The molecule has 3 aromatic rings. The van der Waals surface area contributed by atoms with Crippen LogP contribution in [0.1, 0.15) is 22.3 Å². The summed E-state index contributed by atoms with van der Waals surface area (Å²) in [6, 6.07) is 19.0. The predicted octanol–water partition coefficient (Wildman–Crippen LogP) is 4.61. The van der Waals surface area contributed by atoms with E-state index in [-0.39, 0.29) is 0 Å². The molecule has 0 bridgehead atoms. The molecule has 0 unspecified atom stereocenters. The van der Waals surface area contributed by atoms with Gasteiger partial charge in [-0.3, -0.25) is 9.88 Å². The van der Waals surface area contributed by atoms with Gasteiger partial charge in [0.25, 0.3) is 0 Å². The van der Waals surface area contributed by atoms with Crippen LogP contribution in [0.2, 0.25) is 0 Å². The highest BCUT2D eigenvalue weighted by Crippen LogP contribution is 2.28. The minimum absolute atomic E-state index is 0.750. The smallest absolute Gasteiger partial charge is 0.161 e. The molecule has 27 heavy (non-hydrogen) atoms. The van der Waals surface area contributed by atoms with E-state index in [4.69, 9.17) is 9.47 Å². The lowest BCUT2D eigenvalue weighted by Gasteiger charge is -2.23. The molecule has 0 amide bonds. The lowest BCUT2D eigenvalue weighted by atomic mass is 10.1. The van der Waals surface area contributed by atoms with Gasteiger partial charge in [-0.15, -0.1) is 0 Å². The number of pyridine rings is 1. The topological polar surface area (TPSA) is 34.6 Å². The third-order valence-corrected chi connectivity index (χ3v) is 4.54. The van der Waals surface area contributed by atoms with Crippen molar-refractivity contribution in [2.24, 2.45) is 0 Å². The van der Waals surface area contributed by atoms with Crippen molar-refractivity contribution < 1.29 is 9.47 Å². The Balaban J connectivity index is 1.81. The van der Waals surface area contributed by atoms with Crippen molar-refractivity contribution in [3.8, 4) is 11.5 Å². The summed E-state index contributed by atoms with van der Waals surface area (Å²) in [5, 5.41) is 0. The number of hydrogen-bond donors (Lipinski definition) is 0. The molecule has 0 spiro atoms. The average molecular weight is 362 g/mol. The van der Waals surface area contributed by atoms with Gasteiger partial charge in [0.1, 0.15) is 0 Å². The molecule has 4 heteroatoms. The number of benzene rings is 2. The van der Waals surface area contributed by atoms with Gasteiger partial charge in [0.15, 0.2) is 11.5 Å². The Morgan fingerprint density at radius 2 is 1.26 bits per heavy atom. The molecule has 1 aromatic heterocycles. The van der Waals surface area contributed by atoms with E-state index in [1.165, 1.54) is 22.3 Å². The van der Waals surface area contributed by atoms with Crippen molar-refractivity contribution in [2.75, 3.05) is 14.2 Å². The van der Waals surface area contributed by atoms with Crippen LogP contribution in [0.15, 0.2) is 67.0 Å². The fourth-order valence-electron chi connectivity index (χ4n) is 3.10. The van der Waals surface area contributed by atoms with E-state index in [1.807, 2.05) is 24.5 Å². The number of hydrogen-bond acceptors (Lipinski definition) is 4. The molecule has 0 aliphatic carbocycles. The van der Waals surface area contributed by atoms with E-state index in [9.17, 15) is 0 Å². The van der Waals surface area contributed by atoms with Crippen LogP contribution in [0.5, 0.6) is 11.5 Å². The largest absolute Gasteiger partial charge is 0.493 e. The van der Waals surface area contributed by atoms with Gasteiger partial charge in [-0.1, -0.05) is 35.9 Å². The van der Waals surface area contributed by atoms with E-state index >= 15 is 0 Å². The van der Waals surface area contributed by atoms with Crippen molar-refractivity contribution in [1.29, 1.82) is 0 Å². The number of ether oxygens (including phenoxy) is 2. The van der Waals surface area contributed by atoms with Gasteiger partial charge in [-0.25, -0.2) is 0 Å². The Kier molecular flexibility index (Phi) is 6.44. The molecule has 3 rings (SSSR count). The Bertz CT molecular complexity index is 848. The van der Waals surface area contributed by atoms with E-state index in [2.05, 4.69) is 59.3 Å². The van der Waals surface area contributed by atoms with E-state index in [0.29, 0.717) is 0 Å². The van der Waals surface area contributed by atoms with Gasteiger partial charge in [-0.2, -0.15) is 0 Å². The molecule has 0 fully saturated rings. The van der Waals surface area contributed by atoms with Crippen molar-refractivity contribution in [3.05, 3.63) is 89.2 Å². The van der Waals surface area contributed by atoms with Crippen LogP contribution >= 0.6 is 0 Å². The number of rotatable bonds is 8. The molecule has 0 atom stereocenters. The second kappa shape index (κ2) is 9.19. The van der Waals surface area contributed by atoms with Crippen LogP contribution in [0.25, 0.3) is 0 Å². The summed E-state index contributed by atoms with van der Waals surface area (Å²) in [6.45, 7) is 4.65. The van der Waals surface area contributed by atoms with Gasteiger partial charge in [0.05, 0.1) is 14.2 Å². The molecule has 140 valence electrons. The van der Waals surface area contributed by atoms with E-state index in [0.717, 1.165) is 31.1 Å². The quantitative estimate of drug-likeness (QED) is 0.586. The first kappa shape index (κ1) is 18.9. The molecule has 2 aromatic carbocycles. The fraction of sp³-hybridized carbons (Fsp3) is 0.261. The summed E-state index contributed by atoms with van der Waals surface area (Å²) in [5.41, 5.74) is 5.01. The Hall–Kier alpha value is -2.85. The maximum Gasteiger partial charge on any atom is 0.161 e. The second-order valence-corrected chi connectivity index (χ2v) is 6.68. The zero-order chi connectivity index (χ0) is 19.1. The summed E-state index contributed by atoms with van der Waals surface area (Å²) in [4.78, 5) is 6.54. The van der Waals surface area contributed by atoms with Crippen LogP contribution < -0.4 is 9.47 Å². The van der Waals surface area contributed by atoms with Crippen molar-refractivity contribution in [1.82, 2.24) is 9.88 Å². The normalized spacial score (nSPS) is 10.8. The van der Waals surface area contributed by atoms with Crippen LogP contribution in [-0.4, -0.2) is 24.1 Å².